The molecule has 15 heavy (non-hydrogen) atoms. The molecule has 0 amide bonds. The Morgan fingerprint density at radius 3 is 2.40 bits per heavy atom. The summed E-state index contributed by atoms with van der Waals surface area (Å²) in [7, 11) is 0. The summed E-state index contributed by atoms with van der Waals surface area (Å²) in [6.07, 6.45) is 4.36. The molecule has 2 atom stereocenters. The fourth-order valence-electron chi connectivity index (χ4n) is 2.00. The van der Waals surface area contributed by atoms with Crippen molar-refractivity contribution in [2.75, 3.05) is 0 Å². The van der Waals surface area contributed by atoms with Gasteiger partial charge in [0.25, 0.3) is 0 Å². The van der Waals surface area contributed by atoms with E-state index in [4.69, 9.17) is 0 Å². The van der Waals surface area contributed by atoms with Crippen LogP contribution in [0.4, 0.5) is 0 Å². The zero-order chi connectivity index (χ0) is 11.1. The highest BCUT2D eigenvalue weighted by molar-refractivity contribution is 5.14. The molecule has 0 aliphatic carbocycles. The summed E-state index contributed by atoms with van der Waals surface area (Å²) >= 11 is 0. The lowest BCUT2D eigenvalue weighted by atomic mass is 9.96. The largest absolute Gasteiger partial charge is 0.393 e. The van der Waals surface area contributed by atoms with Crippen LogP contribution in [0.15, 0.2) is 30.3 Å². The van der Waals surface area contributed by atoms with Gasteiger partial charge in [-0.1, -0.05) is 43.7 Å². The quantitative estimate of drug-likeness (QED) is 0.756. The number of aryl methyl sites for hydroxylation is 1. The average molecular weight is 206 g/mol. The summed E-state index contributed by atoms with van der Waals surface area (Å²) < 4.78 is 0. The van der Waals surface area contributed by atoms with Crippen molar-refractivity contribution in [3.63, 3.8) is 0 Å². The molecule has 0 radical (unpaired) electrons. The van der Waals surface area contributed by atoms with Crippen LogP contribution in [0, 0.1) is 5.92 Å². The van der Waals surface area contributed by atoms with Gasteiger partial charge in [-0.05, 0) is 37.7 Å². The molecule has 0 saturated heterocycles. The van der Waals surface area contributed by atoms with Crippen molar-refractivity contribution in [3.05, 3.63) is 35.9 Å². The highest BCUT2D eigenvalue weighted by Gasteiger charge is 2.05. The van der Waals surface area contributed by atoms with Crippen LogP contribution in [-0.4, -0.2) is 11.2 Å². The van der Waals surface area contributed by atoms with E-state index in [1.165, 1.54) is 18.4 Å². The van der Waals surface area contributed by atoms with Crippen LogP contribution in [0.2, 0.25) is 0 Å². The number of hydrogen-bond donors (Lipinski definition) is 1. The van der Waals surface area contributed by atoms with Gasteiger partial charge in [0.15, 0.2) is 0 Å². The van der Waals surface area contributed by atoms with Crippen LogP contribution < -0.4 is 0 Å². The van der Waals surface area contributed by atoms with Gasteiger partial charge in [0, 0.05) is 0 Å². The monoisotopic (exact) mass is 206 g/mol. The molecular formula is C14H22O. The predicted molar refractivity (Wildman–Crippen MR) is 64.8 cm³/mol. The van der Waals surface area contributed by atoms with Gasteiger partial charge in [-0.15, -0.1) is 0 Å². The molecule has 0 spiro atoms. The molecular weight excluding hydrogens is 184 g/mol. The molecule has 1 heteroatoms. The lowest BCUT2D eigenvalue weighted by molar-refractivity contribution is 0.161. The zero-order valence-electron chi connectivity index (χ0n) is 9.82. The maximum absolute atomic E-state index is 9.24. The maximum Gasteiger partial charge on any atom is 0.0514 e. The van der Waals surface area contributed by atoms with Crippen molar-refractivity contribution in [1.29, 1.82) is 0 Å². The fourth-order valence-corrected chi connectivity index (χ4v) is 2.00. The highest BCUT2D eigenvalue weighted by atomic mass is 16.3. The summed E-state index contributed by atoms with van der Waals surface area (Å²) in [6.45, 7) is 4.09. The van der Waals surface area contributed by atoms with Crippen molar-refractivity contribution >= 4 is 0 Å². The molecule has 0 heterocycles. The number of aliphatic hydroxyl groups is 1. The van der Waals surface area contributed by atoms with E-state index in [-0.39, 0.29) is 6.10 Å². The van der Waals surface area contributed by atoms with Crippen molar-refractivity contribution in [2.45, 2.75) is 45.6 Å². The van der Waals surface area contributed by atoms with E-state index >= 15 is 0 Å². The molecule has 0 saturated carbocycles. The molecule has 1 aromatic carbocycles. The minimum absolute atomic E-state index is 0.156. The van der Waals surface area contributed by atoms with E-state index in [0.29, 0.717) is 5.92 Å². The summed E-state index contributed by atoms with van der Waals surface area (Å²) in [5.41, 5.74) is 1.42. The van der Waals surface area contributed by atoms with Crippen molar-refractivity contribution in [1.82, 2.24) is 0 Å². The second-order valence-electron chi connectivity index (χ2n) is 4.57. The SMILES string of the molecule is CC(O)CC(C)CCCc1ccccc1. The highest BCUT2D eigenvalue weighted by Crippen LogP contribution is 2.14. The van der Waals surface area contributed by atoms with Gasteiger partial charge in [0.1, 0.15) is 0 Å². The number of hydrogen-bond acceptors (Lipinski definition) is 1. The van der Waals surface area contributed by atoms with Gasteiger partial charge >= 0.3 is 0 Å². The Hall–Kier alpha value is -0.820. The normalized spacial score (nSPS) is 14.9. The van der Waals surface area contributed by atoms with Crippen LogP contribution in [0.1, 0.15) is 38.7 Å². The Kier molecular flexibility index (Phi) is 5.41. The van der Waals surface area contributed by atoms with Crippen LogP contribution in [0.5, 0.6) is 0 Å². The van der Waals surface area contributed by atoms with Gasteiger partial charge in [0.2, 0.25) is 0 Å². The molecule has 1 rings (SSSR count). The summed E-state index contributed by atoms with van der Waals surface area (Å²) in [4.78, 5) is 0. The lowest BCUT2D eigenvalue weighted by Crippen LogP contribution is -2.07. The van der Waals surface area contributed by atoms with E-state index in [0.717, 1.165) is 12.8 Å². The number of rotatable bonds is 6. The standard InChI is InChI=1S/C14H22O/c1-12(11-13(2)15)7-6-10-14-8-4-3-5-9-14/h3-5,8-9,12-13,15H,6-7,10-11H2,1-2H3. The second kappa shape index (κ2) is 6.62. The Morgan fingerprint density at radius 2 is 1.80 bits per heavy atom. The average Bonchev–Trinajstić information content (AvgIpc) is 2.18. The van der Waals surface area contributed by atoms with Crippen LogP contribution >= 0.6 is 0 Å². The molecule has 1 aromatic rings. The smallest absolute Gasteiger partial charge is 0.0514 e. The first-order valence-electron chi connectivity index (χ1n) is 5.90. The molecule has 0 fully saturated rings. The minimum atomic E-state index is -0.156. The molecule has 1 N–H and O–H groups in total. The molecule has 2 unspecified atom stereocenters. The molecule has 0 aromatic heterocycles. The van der Waals surface area contributed by atoms with E-state index < -0.39 is 0 Å². The second-order valence-corrected chi connectivity index (χ2v) is 4.57. The predicted octanol–water partition coefficient (Wildman–Crippen LogP) is 3.42. The Bertz CT molecular complexity index is 253. The Labute approximate surface area is 93.1 Å². The first-order valence-corrected chi connectivity index (χ1v) is 5.90. The fraction of sp³-hybridized carbons (Fsp3) is 0.571. The van der Waals surface area contributed by atoms with Crippen molar-refractivity contribution in [3.8, 4) is 0 Å². The summed E-state index contributed by atoms with van der Waals surface area (Å²) in [5, 5.41) is 9.24. The van der Waals surface area contributed by atoms with Crippen LogP contribution in [0.3, 0.4) is 0 Å². The third-order valence-electron chi connectivity index (χ3n) is 2.75. The van der Waals surface area contributed by atoms with Gasteiger partial charge in [-0.25, -0.2) is 0 Å². The van der Waals surface area contributed by atoms with E-state index in [9.17, 15) is 5.11 Å². The minimum Gasteiger partial charge on any atom is -0.393 e. The zero-order valence-corrected chi connectivity index (χ0v) is 9.82. The molecule has 0 aliphatic heterocycles. The number of benzene rings is 1. The van der Waals surface area contributed by atoms with Gasteiger partial charge < -0.3 is 5.11 Å². The lowest BCUT2D eigenvalue weighted by Gasteiger charge is -2.12. The summed E-state index contributed by atoms with van der Waals surface area (Å²) in [6, 6.07) is 10.6. The molecule has 84 valence electrons. The maximum atomic E-state index is 9.24. The molecule has 1 nitrogen and oxygen atoms in total. The van der Waals surface area contributed by atoms with Gasteiger partial charge in [-0.2, -0.15) is 0 Å². The number of aliphatic hydroxyl groups excluding tert-OH is 1. The van der Waals surface area contributed by atoms with Gasteiger partial charge in [-0.3, -0.25) is 0 Å². The van der Waals surface area contributed by atoms with Crippen LogP contribution in [-0.2, 0) is 6.42 Å². The molecule has 0 bridgehead atoms. The van der Waals surface area contributed by atoms with Crippen molar-refractivity contribution < 1.29 is 5.11 Å². The van der Waals surface area contributed by atoms with E-state index in [1.807, 2.05) is 6.92 Å². The Balaban J connectivity index is 2.16. The third kappa shape index (κ3) is 5.58. The van der Waals surface area contributed by atoms with Crippen molar-refractivity contribution in [2.24, 2.45) is 5.92 Å². The van der Waals surface area contributed by atoms with E-state index in [2.05, 4.69) is 37.3 Å². The first-order chi connectivity index (χ1) is 7.18. The molecule has 0 aliphatic rings. The first kappa shape index (κ1) is 12.3. The summed E-state index contributed by atoms with van der Waals surface area (Å²) in [5.74, 6) is 0.633. The third-order valence-corrected chi connectivity index (χ3v) is 2.75. The van der Waals surface area contributed by atoms with Crippen LogP contribution in [0.25, 0.3) is 0 Å². The Morgan fingerprint density at radius 1 is 1.13 bits per heavy atom. The van der Waals surface area contributed by atoms with Gasteiger partial charge in [0.05, 0.1) is 6.10 Å². The topological polar surface area (TPSA) is 20.2 Å². The van der Waals surface area contributed by atoms with E-state index in [1.54, 1.807) is 0 Å².